The predicted molar refractivity (Wildman–Crippen MR) is 91.2 cm³/mol. The number of benzene rings is 1. The molecule has 0 amide bonds. The maximum Gasteiger partial charge on any atom is 0.264 e. The number of methoxy groups -OCH3 is 3. The van der Waals surface area contributed by atoms with Gasteiger partial charge in [-0.2, -0.15) is 0 Å². The summed E-state index contributed by atoms with van der Waals surface area (Å²) in [5.74, 6) is 0.993. The Balaban J connectivity index is 2.45. The minimum Gasteiger partial charge on any atom is -0.493 e. The number of rotatable bonds is 6. The van der Waals surface area contributed by atoms with Gasteiger partial charge in [-0.1, -0.05) is 23.2 Å². The molecule has 0 atom stereocenters. The van der Waals surface area contributed by atoms with Gasteiger partial charge in [0.15, 0.2) is 11.5 Å². The molecule has 1 heterocycles. The Kier molecular flexibility index (Phi) is 5.51. The Labute approximate surface area is 147 Å². The standard InChI is InChI=1S/C13H13Cl2NO5S2/c1-19-8-4-7(5-9(20-2)12(8)21-3)16-23(17,18)10-6-11(14)22-13(10)15/h4-6,16H,1-3H3. The highest BCUT2D eigenvalue weighted by molar-refractivity contribution is 7.93. The van der Waals surface area contributed by atoms with Crippen LogP contribution in [0.3, 0.4) is 0 Å². The zero-order chi connectivity index (χ0) is 17.2. The van der Waals surface area contributed by atoms with Crippen LogP contribution in [0.15, 0.2) is 23.1 Å². The van der Waals surface area contributed by atoms with Crippen LogP contribution in [0.2, 0.25) is 8.67 Å². The molecule has 0 aliphatic heterocycles. The first kappa shape index (κ1) is 18.0. The van der Waals surface area contributed by atoms with E-state index < -0.39 is 10.0 Å². The molecular formula is C13H13Cl2NO5S2. The third-order valence-corrected chi connectivity index (χ3v) is 5.97. The lowest BCUT2D eigenvalue weighted by Gasteiger charge is -2.15. The van der Waals surface area contributed by atoms with Crippen LogP contribution < -0.4 is 18.9 Å². The van der Waals surface area contributed by atoms with Crippen LogP contribution >= 0.6 is 34.5 Å². The molecule has 2 aromatic rings. The van der Waals surface area contributed by atoms with Crippen LogP contribution in [-0.2, 0) is 10.0 Å². The number of hydrogen-bond acceptors (Lipinski definition) is 6. The van der Waals surface area contributed by atoms with E-state index in [9.17, 15) is 8.42 Å². The van der Waals surface area contributed by atoms with Crippen LogP contribution in [-0.4, -0.2) is 29.7 Å². The number of hydrogen-bond donors (Lipinski definition) is 1. The summed E-state index contributed by atoms with van der Waals surface area (Å²) in [7, 11) is 0.426. The first-order valence-electron chi connectivity index (χ1n) is 6.10. The summed E-state index contributed by atoms with van der Waals surface area (Å²) < 4.78 is 43.2. The predicted octanol–water partition coefficient (Wildman–Crippen LogP) is 3.88. The number of ether oxygens (including phenoxy) is 3. The van der Waals surface area contributed by atoms with Crippen molar-refractivity contribution in [1.29, 1.82) is 0 Å². The number of halogens is 2. The third kappa shape index (κ3) is 3.77. The Bertz CT molecular complexity index is 795. The van der Waals surface area contributed by atoms with Gasteiger partial charge in [-0.25, -0.2) is 8.42 Å². The van der Waals surface area contributed by atoms with E-state index in [1.54, 1.807) is 0 Å². The van der Waals surface area contributed by atoms with Crippen molar-refractivity contribution in [2.45, 2.75) is 4.90 Å². The molecule has 23 heavy (non-hydrogen) atoms. The van der Waals surface area contributed by atoms with Crippen LogP contribution in [0.1, 0.15) is 0 Å². The second kappa shape index (κ2) is 7.04. The fourth-order valence-corrected chi connectivity index (χ4v) is 5.05. The van der Waals surface area contributed by atoms with Gasteiger partial charge in [-0.05, 0) is 6.07 Å². The first-order chi connectivity index (χ1) is 10.8. The zero-order valence-electron chi connectivity index (χ0n) is 12.3. The van der Waals surface area contributed by atoms with Gasteiger partial charge in [0.25, 0.3) is 10.0 Å². The fourth-order valence-electron chi connectivity index (χ4n) is 1.86. The SMILES string of the molecule is COc1cc(NS(=O)(=O)c2cc(Cl)sc2Cl)cc(OC)c1OC. The van der Waals surface area contributed by atoms with Gasteiger partial charge in [-0.15, -0.1) is 11.3 Å². The molecule has 1 aromatic carbocycles. The van der Waals surface area contributed by atoms with Gasteiger partial charge >= 0.3 is 0 Å². The molecule has 0 fully saturated rings. The van der Waals surface area contributed by atoms with E-state index in [0.29, 0.717) is 17.2 Å². The van der Waals surface area contributed by atoms with Crippen molar-refractivity contribution in [1.82, 2.24) is 0 Å². The van der Waals surface area contributed by atoms with E-state index in [4.69, 9.17) is 37.4 Å². The van der Waals surface area contributed by atoms with E-state index in [0.717, 1.165) is 11.3 Å². The average Bonchev–Trinajstić information content (AvgIpc) is 2.85. The van der Waals surface area contributed by atoms with Crippen molar-refractivity contribution in [3.63, 3.8) is 0 Å². The van der Waals surface area contributed by atoms with Crippen molar-refractivity contribution < 1.29 is 22.6 Å². The largest absolute Gasteiger partial charge is 0.493 e. The molecule has 126 valence electrons. The molecular weight excluding hydrogens is 385 g/mol. The molecule has 0 aliphatic carbocycles. The molecule has 0 saturated carbocycles. The smallest absolute Gasteiger partial charge is 0.264 e. The summed E-state index contributed by atoms with van der Waals surface area (Å²) in [6.07, 6.45) is 0. The highest BCUT2D eigenvalue weighted by Gasteiger charge is 2.23. The summed E-state index contributed by atoms with van der Waals surface area (Å²) in [6, 6.07) is 4.23. The maximum atomic E-state index is 12.4. The molecule has 1 N–H and O–H groups in total. The van der Waals surface area contributed by atoms with Gasteiger partial charge in [0.2, 0.25) is 5.75 Å². The number of nitrogens with one attached hydrogen (secondary N) is 1. The maximum absolute atomic E-state index is 12.4. The molecule has 2 rings (SSSR count). The normalized spacial score (nSPS) is 11.2. The minimum absolute atomic E-state index is 0.0786. The molecule has 0 bridgehead atoms. The Hall–Kier alpha value is -1.35. The van der Waals surface area contributed by atoms with E-state index in [1.165, 1.54) is 39.5 Å². The highest BCUT2D eigenvalue weighted by Crippen LogP contribution is 2.41. The monoisotopic (exact) mass is 397 g/mol. The Morgan fingerprint density at radius 2 is 1.57 bits per heavy atom. The van der Waals surface area contributed by atoms with Gasteiger partial charge in [-0.3, -0.25) is 4.72 Å². The Morgan fingerprint density at radius 3 is 1.96 bits per heavy atom. The molecule has 0 radical (unpaired) electrons. The first-order valence-corrected chi connectivity index (χ1v) is 9.15. The van der Waals surface area contributed by atoms with E-state index in [-0.39, 0.29) is 19.3 Å². The fraction of sp³-hybridized carbons (Fsp3) is 0.231. The van der Waals surface area contributed by atoms with Crippen molar-refractivity contribution in [2.24, 2.45) is 0 Å². The summed E-state index contributed by atoms with van der Waals surface area (Å²) in [5, 5.41) is 0. The lowest BCUT2D eigenvalue weighted by atomic mass is 10.2. The molecule has 1 aromatic heterocycles. The quantitative estimate of drug-likeness (QED) is 0.800. The van der Waals surface area contributed by atoms with Gasteiger partial charge in [0, 0.05) is 12.1 Å². The topological polar surface area (TPSA) is 73.9 Å². The second-order valence-corrected chi connectivity index (χ2v) is 8.14. The molecule has 6 nitrogen and oxygen atoms in total. The van der Waals surface area contributed by atoms with Crippen molar-refractivity contribution in [2.75, 3.05) is 26.1 Å². The average molecular weight is 398 g/mol. The summed E-state index contributed by atoms with van der Waals surface area (Å²) in [6.45, 7) is 0. The van der Waals surface area contributed by atoms with E-state index in [2.05, 4.69) is 4.72 Å². The van der Waals surface area contributed by atoms with Crippen LogP contribution in [0, 0.1) is 0 Å². The van der Waals surface area contributed by atoms with Gasteiger partial charge in [0.1, 0.15) is 9.23 Å². The number of anilines is 1. The molecule has 0 spiro atoms. The van der Waals surface area contributed by atoms with Crippen LogP contribution in [0.4, 0.5) is 5.69 Å². The van der Waals surface area contributed by atoms with Crippen molar-refractivity contribution in [3.05, 3.63) is 26.9 Å². The van der Waals surface area contributed by atoms with Crippen LogP contribution in [0.25, 0.3) is 0 Å². The second-order valence-electron chi connectivity index (χ2n) is 4.21. The van der Waals surface area contributed by atoms with Crippen molar-refractivity contribution >= 4 is 50.2 Å². The number of sulfonamides is 1. The molecule has 0 aliphatic rings. The summed E-state index contributed by atoms with van der Waals surface area (Å²) in [4.78, 5) is -0.0945. The zero-order valence-corrected chi connectivity index (χ0v) is 15.5. The Morgan fingerprint density at radius 1 is 1.00 bits per heavy atom. The lowest BCUT2D eigenvalue weighted by molar-refractivity contribution is 0.325. The van der Waals surface area contributed by atoms with Gasteiger partial charge < -0.3 is 14.2 Å². The third-order valence-electron chi connectivity index (χ3n) is 2.83. The van der Waals surface area contributed by atoms with Gasteiger partial charge in [0.05, 0.1) is 31.4 Å². The van der Waals surface area contributed by atoms with E-state index >= 15 is 0 Å². The number of thiophene rings is 1. The van der Waals surface area contributed by atoms with Crippen LogP contribution in [0.5, 0.6) is 17.2 Å². The summed E-state index contributed by atoms with van der Waals surface area (Å²) in [5.41, 5.74) is 0.234. The lowest BCUT2D eigenvalue weighted by Crippen LogP contribution is -2.13. The van der Waals surface area contributed by atoms with E-state index in [1.807, 2.05) is 0 Å². The van der Waals surface area contributed by atoms with Crippen molar-refractivity contribution in [3.8, 4) is 17.2 Å². The minimum atomic E-state index is -3.90. The summed E-state index contributed by atoms with van der Waals surface area (Å²) >= 11 is 12.7. The molecule has 0 saturated heterocycles. The molecule has 0 unspecified atom stereocenters. The highest BCUT2D eigenvalue weighted by atomic mass is 35.5. The molecule has 10 heteroatoms.